The van der Waals surface area contributed by atoms with E-state index in [1.807, 2.05) is 6.07 Å². The molecule has 0 radical (unpaired) electrons. The summed E-state index contributed by atoms with van der Waals surface area (Å²) in [5.41, 5.74) is 0.356. The Morgan fingerprint density at radius 2 is 2.38 bits per heavy atom. The van der Waals surface area contributed by atoms with Crippen LogP contribution in [0.25, 0.3) is 5.65 Å². The summed E-state index contributed by atoms with van der Waals surface area (Å²) in [5.74, 6) is 0. The topological polar surface area (TPSA) is 71.6 Å². The fraction of sp³-hybridized carbons (Fsp3) is 0.400. The van der Waals surface area contributed by atoms with Crippen molar-refractivity contribution in [2.45, 2.75) is 12.6 Å². The van der Waals surface area contributed by atoms with Crippen molar-refractivity contribution in [3.8, 4) is 0 Å². The maximum absolute atomic E-state index is 11.8. The highest BCUT2D eigenvalue weighted by atomic mass is 16.3. The van der Waals surface area contributed by atoms with Crippen LogP contribution in [0.15, 0.2) is 29.2 Å². The molecule has 0 saturated heterocycles. The molecule has 0 fully saturated rings. The molecule has 2 aromatic heterocycles. The second-order valence-corrected chi connectivity index (χ2v) is 3.61. The molecule has 0 saturated carbocycles. The summed E-state index contributed by atoms with van der Waals surface area (Å²) in [6, 6.07) is 5.34. The maximum Gasteiger partial charge on any atom is 0.350 e. The fourth-order valence-corrected chi connectivity index (χ4v) is 1.59. The second-order valence-electron chi connectivity index (χ2n) is 3.61. The molecule has 0 bridgehead atoms. The lowest BCUT2D eigenvalue weighted by Gasteiger charge is -2.07. The van der Waals surface area contributed by atoms with Gasteiger partial charge in [0.05, 0.1) is 12.6 Å². The van der Waals surface area contributed by atoms with Crippen molar-refractivity contribution in [2.24, 2.45) is 0 Å². The van der Waals surface area contributed by atoms with Gasteiger partial charge < -0.3 is 10.4 Å². The van der Waals surface area contributed by atoms with Crippen molar-refractivity contribution in [2.75, 3.05) is 13.6 Å². The van der Waals surface area contributed by atoms with Gasteiger partial charge in [-0.15, -0.1) is 5.10 Å². The minimum atomic E-state index is -0.618. The predicted molar refractivity (Wildman–Crippen MR) is 59.4 cm³/mol. The van der Waals surface area contributed by atoms with Crippen LogP contribution in [0.1, 0.15) is 0 Å². The molecule has 1 unspecified atom stereocenters. The first-order chi connectivity index (χ1) is 7.72. The minimum absolute atomic E-state index is 0.196. The first kappa shape index (κ1) is 10.8. The molecule has 0 spiro atoms. The van der Waals surface area contributed by atoms with Crippen LogP contribution in [0.2, 0.25) is 0 Å². The van der Waals surface area contributed by atoms with Gasteiger partial charge in [0.1, 0.15) is 0 Å². The minimum Gasteiger partial charge on any atom is -0.390 e. The number of aromatic nitrogens is 3. The fourth-order valence-electron chi connectivity index (χ4n) is 1.59. The van der Waals surface area contributed by atoms with E-state index in [-0.39, 0.29) is 12.2 Å². The monoisotopic (exact) mass is 222 g/mol. The molecular weight excluding hydrogens is 208 g/mol. The number of hydrogen-bond acceptors (Lipinski definition) is 4. The molecule has 86 valence electrons. The van der Waals surface area contributed by atoms with Gasteiger partial charge in [-0.1, -0.05) is 6.07 Å². The van der Waals surface area contributed by atoms with Crippen LogP contribution in [0.5, 0.6) is 0 Å². The first-order valence-corrected chi connectivity index (χ1v) is 5.09. The molecule has 0 aliphatic heterocycles. The van der Waals surface area contributed by atoms with Gasteiger partial charge in [0.15, 0.2) is 5.65 Å². The van der Waals surface area contributed by atoms with Gasteiger partial charge in [0.2, 0.25) is 0 Å². The van der Waals surface area contributed by atoms with E-state index in [2.05, 4.69) is 10.4 Å². The van der Waals surface area contributed by atoms with Gasteiger partial charge in [-0.2, -0.15) is 0 Å². The first-order valence-electron chi connectivity index (χ1n) is 5.09. The third-order valence-electron chi connectivity index (χ3n) is 2.31. The van der Waals surface area contributed by atoms with E-state index in [9.17, 15) is 9.90 Å². The SMILES string of the molecule is CNCC(O)Cn1nc2ccccn2c1=O. The Balaban J connectivity index is 2.31. The number of pyridine rings is 1. The van der Waals surface area contributed by atoms with Crippen molar-refractivity contribution >= 4 is 5.65 Å². The summed E-state index contributed by atoms with van der Waals surface area (Å²) in [4.78, 5) is 11.8. The van der Waals surface area contributed by atoms with Gasteiger partial charge in [-0.25, -0.2) is 9.48 Å². The molecule has 2 rings (SSSR count). The van der Waals surface area contributed by atoms with Crippen molar-refractivity contribution < 1.29 is 5.11 Å². The van der Waals surface area contributed by atoms with Crippen LogP contribution >= 0.6 is 0 Å². The smallest absolute Gasteiger partial charge is 0.350 e. The lowest BCUT2D eigenvalue weighted by molar-refractivity contribution is 0.148. The van der Waals surface area contributed by atoms with Crippen LogP contribution in [0, 0.1) is 0 Å². The summed E-state index contributed by atoms with van der Waals surface area (Å²) in [6.45, 7) is 0.627. The summed E-state index contributed by atoms with van der Waals surface area (Å²) in [7, 11) is 1.75. The Hall–Kier alpha value is -1.66. The molecule has 2 N–H and O–H groups in total. The molecule has 0 amide bonds. The largest absolute Gasteiger partial charge is 0.390 e. The van der Waals surface area contributed by atoms with E-state index in [0.29, 0.717) is 12.2 Å². The molecule has 1 atom stereocenters. The zero-order valence-electron chi connectivity index (χ0n) is 9.00. The molecule has 6 heteroatoms. The van der Waals surface area contributed by atoms with Crippen LogP contribution < -0.4 is 11.0 Å². The third kappa shape index (κ3) is 1.98. The number of hydrogen-bond donors (Lipinski definition) is 2. The van der Waals surface area contributed by atoms with Gasteiger partial charge >= 0.3 is 5.69 Å². The van der Waals surface area contributed by atoms with Gasteiger partial charge in [-0.3, -0.25) is 4.40 Å². The number of aliphatic hydroxyl groups excluding tert-OH is 1. The Kier molecular flexibility index (Phi) is 3.02. The zero-order chi connectivity index (χ0) is 11.5. The van der Waals surface area contributed by atoms with E-state index in [1.165, 1.54) is 9.08 Å². The van der Waals surface area contributed by atoms with E-state index in [1.54, 1.807) is 25.4 Å². The average molecular weight is 222 g/mol. The van der Waals surface area contributed by atoms with Gasteiger partial charge in [0.25, 0.3) is 0 Å². The van der Waals surface area contributed by atoms with Crippen molar-refractivity contribution in [1.82, 2.24) is 19.5 Å². The molecule has 0 aliphatic rings. The summed E-state index contributed by atoms with van der Waals surface area (Å²) < 4.78 is 2.73. The van der Waals surface area contributed by atoms with Crippen molar-refractivity contribution in [3.05, 3.63) is 34.9 Å². The third-order valence-corrected chi connectivity index (χ3v) is 2.31. The zero-order valence-corrected chi connectivity index (χ0v) is 9.00. The molecular formula is C10H14N4O2. The van der Waals surface area contributed by atoms with Crippen LogP contribution in [0.4, 0.5) is 0 Å². The highest BCUT2D eigenvalue weighted by Crippen LogP contribution is 1.95. The Labute approximate surface area is 92.1 Å². The summed E-state index contributed by atoms with van der Waals surface area (Å²) in [6.07, 6.45) is 1.04. The second kappa shape index (κ2) is 4.46. The van der Waals surface area contributed by atoms with E-state index in [4.69, 9.17) is 0 Å². The van der Waals surface area contributed by atoms with Crippen LogP contribution in [-0.2, 0) is 6.54 Å². The Morgan fingerprint density at radius 3 is 3.06 bits per heavy atom. The number of likely N-dealkylation sites (N-methyl/N-ethyl adjacent to an activating group) is 1. The molecule has 2 heterocycles. The lowest BCUT2D eigenvalue weighted by atomic mass is 10.3. The highest BCUT2D eigenvalue weighted by Gasteiger charge is 2.10. The van der Waals surface area contributed by atoms with Crippen molar-refractivity contribution in [1.29, 1.82) is 0 Å². The Bertz CT molecular complexity index is 531. The number of aliphatic hydroxyl groups is 1. The maximum atomic E-state index is 11.8. The highest BCUT2D eigenvalue weighted by molar-refractivity contribution is 5.35. The molecule has 0 aliphatic carbocycles. The summed E-state index contributed by atoms with van der Waals surface area (Å²) in [5, 5.41) is 16.5. The van der Waals surface area contributed by atoms with Gasteiger partial charge in [0, 0.05) is 12.7 Å². The number of nitrogens with one attached hydrogen (secondary N) is 1. The Morgan fingerprint density at radius 1 is 1.56 bits per heavy atom. The normalized spacial score (nSPS) is 13.1. The standard InChI is InChI=1S/C10H14N4O2/c1-11-6-8(15)7-14-10(16)13-5-3-2-4-9(13)12-14/h2-5,8,11,15H,6-7H2,1H3. The number of fused-ring (bicyclic) bond motifs is 1. The van der Waals surface area contributed by atoms with Crippen LogP contribution in [0.3, 0.4) is 0 Å². The van der Waals surface area contributed by atoms with E-state index < -0.39 is 6.10 Å². The van der Waals surface area contributed by atoms with Gasteiger partial charge in [-0.05, 0) is 19.2 Å². The van der Waals surface area contributed by atoms with E-state index >= 15 is 0 Å². The average Bonchev–Trinajstić information content (AvgIpc) is 2.57. The molecule has 0 aromatic carbocycles. The van der Waals surface area contributed by atoms with Crippen molar-refractivity contribution in [3.63, 3.8) is 0 Å². The molecule has 16 heavy (non-hydrogen) atoms. The predicted octanol–water partition coefficient (Wildman–Crippen LogP) is -0.924. The quantitative estimate of drug-likeness (QED) is 0.701. The summed E-state index contributed by atoms with van der Waals surface area (Å²) >= 11 is 0. The van der Waals surface area contributed by atoms with E-state index in [0.717, 1.165) is 0 Å². The lowest BCUT2D eigenvalue weighted by Crippen LogP contribution is -2.32. The van der Waals surface area contributed by atoms with Crippen LogP contribution in [-0.4, -0.2) is 39.0 Å². The number of nitrogens with zero attached hydrogens (tertiary/aromatic N) is 3. The number of rotatable bonds is 4. The molecule has 6 nitrogen and oxygen atoms in total. The molecule has 2 aromatic rings.